The first-order valence-electron chi connectivity index (χ1n) is 6.24. The molecule has 1 fully saturated rings. The normalized spacial score (nSPS) is 20.9. The Bertz CT molecular complexity index is 599. The molecule has 1 aliphatic rings. The first-order chi connectivity index (χ1) is 9.24. The van der Waals surface area contributed by atoms with E-state index in [1.807, 2.05) is 25.3 Å². The van der Waals surface area contributed by atoms with Gasteiger partial charge in [0.2, 0.25) is 11.9 Å². The highest BCUT2D eigenvalue weighted by atomic mass is 16.2. The molecular weight excluding hydrogens is 240 g/mol. The van der Waals surface area contributed by atoms with E-state index in [-0.39, 0.29) is 17.7 Å². The van der Waals surface area contributed by atoms with Crippen molar-refractivity contribution in [2.45, 2.75) is 19.3 Å². The molecule has 5 nitrogen and oxygen atoms in total. The zero-order valence-electron chi connectivity index (χ0n) is 10.6. The van der Waals surface area contributed by atoms with Crippen LogP contribution in [0.2, 0.25) is 0 Å². The Morgan fingerprint density at radius 2 is 2.26 bits per heavy atom. The molecule has 2 aromatic heterocycles. The van der Waals surface area contributed by atoms with Gasteiger partial charge in [0, 0.05) is 30.2 Å². The monoisotopic (exact) mass is 254 g/mol. The van der Waals surface area contributed by atoms with Gasteiger partial charge in [-0.05, 0) is 37.0 Å². The second-order valence-corrected chi connectivity index (χ2v) is 4.75. The van der Waals surface area contributed by atoms with Gasteiger partial charge in [-0.1, -0.05) is 6.07 Å². The van der Waals surface area contributed by atoms with Gasteiger partial charge in [0.15, 0.2) is 0 Å². The zero-order valence-corrected chi connectivity index (χ0v) is 10.6. The largest absolute Gasteiger partial charge is 0.294 e. The lowest BCUT2D eigenvalue weighted by molar-refractivity contribution is -0.117. The molecule has 0 aromatic carbocycles. The summed E-state index contributed by atoms with van der Waals surface area (Å²) in [6, 6.07) is 5.70. The van der Waals surface area contributed by atoms with E-state index in [0.717, 1.165) is 17.7 Å². The lowest BCUT2D eigenvalue weighted by Crippen LogP contribution is -2.16. The second-order valence-electron chi connectivity index (χ2n) is 4.75. The zero-order chi connectivity index (χ0) is 13.2. The van der Waals surface area contributed by atoms with Crippen LogP contribution in [0.1, 0.15) is 23.6 Å². The predicted octanol–water partition coefficient (Wildman–Crippen LogP) is 1.92. The van der Waals surface area contributed by atoms with Crippen molar-refractivity contribution in [2.75, 3.05) is 5.32 Å². The summed E-state index contributed by atoms with van der Waals surface area (Å²) in [7, 11) is 0. The minimum Gasteiger partial charge on any atom is -0.294 e. The summed E-state index contributed by atoms with van der Waals surface area (Å²) in [5.41, 5.74) is 1.96. The van der Waals surface area contributed by atoms with Crippen LogP contribution in [0.4, 0.5) is 5.95 Å². The highest BCUT2D eigenvalue weighted by molar-refractivity contribution is 5.93. The Kier molecular flexibility index (Phi) is 2.95. The molecule has 19 heavy (non-hydrogen) atoms. The minimum absolute atomic E-state index is 0.00770. The number of carbonyl (C=O) groups is 1. The van der Waals surface area contributed by atoms with Crippen molar-refractivity contribution in [3.8, 4) is 0 Å². The maximum Gasteiger partial charge on any atom is 0.230 e. The molecule has 0 spiro atoms. The van der Waals surface area contributed by atoms with E-state index in [4.69, 9.17) is 0 Å². The molecule has 0 radical (unpaired) electrons. The molecule has 96 valence electrons. The molecule has 1 N–H and O–H groups in total. The maximum atomic E-state index is 12.1. The Hall–Kier alpha value is -2.30. The number of pyridine rings is 1. The molecular formula is C14H14N4O. The van der Waals surface area contributed by atoms with Gasteiger partial charge < -0.3 is 0 Å². The fourth-order valence-corrected chi connectivity index (χ4v) is 2.16. The summed E-state index contributed by atoms with van der Waals surface area (Å²) in [5, 5.41) is 2.76. The van der Waals surface area contributed by atoms with Crippen LogP contribution in [-0.2, 0) is 4.79 Å². The number of nitrogens with one attached hydrogen (secondary N) is 1. The third kappa shape index (κ3) is 2.59. The molecule has 0 bridgehead atoms. The van der Waals surface area contributed by atoms with E-state index in [1.165, 1.54) is 0 Å². The smallest absolute Gasteiger partial charge is 0.230 e. The van der Waals surface area contributed by atoms with Gasteiger partial charge in [0.05, 0.1) is 0 Å². The van der Waals surface area contributed by atoms with Crippen molar-refractivity contribution < 1.29 is 4.79 Å². The number of nitrogens with zero attached hydrogens (tertiary/aromatic N) is 3. The lowest BCUT2D eigenvalue weighted by atomic mass is 10.1. The Morgan fingerprint density at radius 1 is 1.37 bits per heavy atom. The predicted molar refractivity (Wildman–Crippen MR) is 70.5 cm³/mol. The summed E-state index contributed by atoms with van der Waals surface area (Å²) in [6.07, 6.45) is 6.06. The van der Waals surface area contributed by atoms with Crippen molar-refractivity contribution >= 4 is 11.9 Å². The number of anilines is 1. The van der Waals surface area contributed by atoms with Crippen LogP contribution in [-0.4, -0.2) is 20.9 Å². The molecule has 0 saturated heterocycles. The Morgan fingerprint density at radius 3 is 3.00 bits per heavy atom. The molecule has 0 aliphatic heterocycles. The van der Waals surface area contributed by atoms with Crippen molar-refractivity contribution in [1.29, 1.82) is 0 Å². The molecule has 3 rings (SSSR count). The summed E-state index contributed by atoms with van der Waals surface area (Å²) in [5.74, 6) is 0.646. The van der Waals surface area contributed by atoms with Crippen LogP contribution in [0.25, 0.3) is 0 Å². The quantitative estimate of drug-likeness (QED) is 0.908. The van der Waals surface area contributed by atoms with Gasteiger partial charge >= 0.3 is 0 Å². The van der Waals surface area contributed by atoms with Gasteiger partial charge in [-0.2, -0.15) is 0 Å². The lowest BCUT2D eigenvalue weighted by Gasteiger charge is -2.03. The van der Waals surface area contributed by atoms with Gasteiger partial charge in [-0.25, -0.2) is 9.97 Å². The molecule has 1 amide bonds. The number of hydrogen-bond acceptors (Lipinski definition) is 4. The third-order valence-corrected chi connectivity index (χ3v) is 3.27. The van der Waals surface area contributed by atoms with E-state index in [0.29, 0.717) is 5.95 Å². The van der Waals surface area contributed by atoms with Gasteiger partial charge in [0.1, 0.15) is 0 Å². The highest BCUT2D eigenvalue weighted by Crippen LogP contribution is 2.47. The summed E-state index contributed by atoms with van der Waals surface area (Å²) >= 11 is 0. The summed E-state index contributed by atoms with van der Waals surface area (Å²) in [6.45, 7) is 1.87. The SMILES string of the molecule is Cc1ccnc(NC(=O)C2CC2c2cccnc2)n1. The minimum atomic E-state index is -0.0144. The molecule has 2 unspecified atom stereocenters. The van der Waals surface area contributed by atoms with Crippen molar-refractivity contribution in [3.63, 3.8) is 0 Å². The number of aryl methyl sites for hydroxylation is 1. The first-order valence-corrected chi connectivity index (χ1v) is 6.24. The molecule has 2 atom stereocenters. The van der Waals surface area contributed by atoms with Crippen molar-refractivity contribution in [1.82, 2.24) is 15.0 Å². The molecule has 5 heteroatoms. The third-order valence-electron chi connectivity index (χ3n) is 3.27. The number of aromatic nitrogens is 3. The second kappa shape index (κ2) is 4.76. The van der Waals surface area contributed by atoms with Gasteiger partial charge in [-0.15, -0.1) is 0 Å². The molecule has 2 aromatic rings. The standard InChI is InChI=1S/C14H14N4O/c1-9-4-6-16-14(17-9)18-13(19)12-7-11(12)10-3-2-5-15-8-10/h2-6,8,11-12H,7H2,1H3,(H,16,17,18,19). The highest BCUT2D eigenvalue weighted by Gasteiger charge is 2.44. The maximum absolute atomic E-state index is 12.1. The van der Waals surface area contributed by atoms with Crippen molar-refractivity contribution in [3.05, 3.63) is 48.0 Å². The number of carbonyl (C=O) groups excluding carboxylic acids is 1. The average Bonchev–Trinajstić information content (AvgIpc) is 3.20. The fraction of sp³-hybridized carbons (Fsp3) is 0.286. The molecule has 1 saturated carbocycles. The summed E-state index contributed by atoms with van der Waals surface area (Å²) in [4.78, 5) is 24.3. The van der Waals surface area contributed by atoms with E-state index in [9.17, 15) is 4.79 Å². The van der Waals surface area contributed by atoms with Crippen LogP contribution in [0.15, 0.2) is 36.8 Å². The molecule has 1 aliphatic carbocycles. The van der Waals surface area contributed by atoms with Crippen LogP contribution in [0, 0.1) is 12.8 Å². The fourth-order valence-electron chi connectivity index (χ4n) is 2.16. The van der Waals surface area contributed by atoms with E-state index in [2.05, 4.69) is 20.3 Å². The van der Waals surface area contributed by atoms with E-state index >= 15 is 0 Å². The average molecular weight is 254 g/mol. The van der Waals surface area contributed by atoms with Crippen LogP contribution in [0.5, 0.6) is 0 Å². The Labute approximate surface area is 111 Å². The van der Waals surface area contributed by atoms with E-state index in [1.54, 1.807) is 18.5 Å². The van der Waals surface area contributed by atoms with Gasteiger partial charge in [-0.3, -0.25) is 15.1 Å². The number of rotatable bonds is 3. The topological polar surface area (TPSA) is 67.8 Å². The van der Waals surface area contributed by atoms with Crippen LogP contribution < -0.4 is 5.32 Å². The summed E-state index contributed by atoms with van der Waals surface area (Å²) < 4.78 is 0. The Balaban J connectivity index is 1.64. The van der Waals surface area contributed by atoms with Gasteiger partial charge in [0.25, 0.3) is 0 Å². The van der Waals surface area contributed by atoms with E-state index < -0.39 is 0 Å². The number of hydrogen-bond donors (Lipinski definition) is 1. The van der Waals surface area contributed by atoms with Crippen LogP contribution >= 0.6 is 0 Å². The van der Waals surface area contributed by atoms with Crippen molar-refractivity contribution in [2.24, 2.45) is 5.92 Å². The molecule has 2 heterocycles. The van der Waals surface area contributed by atoms with Crippen LogP contribution in [0.3, 0.4) is 0 Å². The number of amides is 1. The first kappa shape index (κ1) is 11.8.